The molecule has 0 spiro atoms. The lowest BCUT2D eigenvalue weighted by Crippen LogP contribution is -2.51. The van der Waals surface area contributed by atoms with Crippen LogP contribution in [0.25, 0.3) is 5.69 Å². The number of fused-ring (bicyclic) bond motifs is 1. The molecular weight excluding hydrogens is 362 g/mol. The predicted octanol–water partition coefficient (Wildman–Crippen LogP) is 3.13. The van der Waals surface area contributed by atoms with Gasteiger partial charge in [-0.05, 0) is 67.6 Å². The number of rotatable bonds is 4. The van der Waals surface area contributed by atoms with Crippen LogP contribution in [-0.4, -0.2) is 44.8 Å². The van der Waals surface area contributed by atoms with Gasteiger partial charge in [-0.1, -0.05) is 24.3 Å². The molecule has 0 amide bonds. The first kappa shape index (κ1) is 18.3. The quantitative estimate of drug-likeness (QED) is 0.742. The highest BCUT2D eigenvalue weighted by Gasteiger charge is 2.36. The summed E-state index contributed by atoms with van der Waals surface area (Å²) in [6.07, 6.45) is 7.74. The fraction of sp³-hybridized carbons (Fsp3) is 0.391. The normalized spacial score (nSPS) is 24.8. The highest BCUT2D eigenvalue weighted by atomic mass is 16.5. The molecule has 2 aliphatic rings. The van der Waals surface area contributed by atoms with E-state index in [1.54, 1.807) is 11.0 Å². The van der Waals surface area contributed by atoms with E-state index >= 15 is 0 Å². The standard InChI is InChI=1S/C23H27N5O/c24-18-5-3-13-27(14-18)22-12-7-17-4-1-2-6-21(17)23(22)29-20-10-8-19(9-11-20)28-16-25-15-26-28/h1-2,4,6,8-11,15-16,18,22-23H,3,5,7,12-14,24H2/t18-,22+,23+/m1/s1. The van der Waals surface area contributed by atoms with Gasteiger partial charge in [-0.25, -0.2) is 9.67 Å². The Labute approximate surface area is 171 Å². The van der Waals surface area contributed by atoms with Crippen LogP contribution in [0, 0.1) is 0 Å². The number of ether oxygens (including phenoxy) is 1. The second-order valence-corrected chi connectivity index (χ2v) is 8.07. The maximum Gasteiger partial charge on any atom is 0.139 e. The Bertz CT molecular complexity index is 940. The van der Waals surface area contributed by atoms with Crippen molar-refractivity contribution in [2.24, 2.45) is 5.73 Å². The van der Waals surface area contributed by atoms with Crippen LogP contribution in [0.4, 0.5) is 0 Å². The molecule has 0 radical (unpaired) electrons. The summed E-state index contributed by atoms with van der Waals surface area (Å²) < 4.78 is 8.38. The van der Waals surface area contributed by atoms with Crippen molar-refractivity contribution in [3.05, 3.63) is 72.3 Å². The topological polar surface area (TPSA) is 69.2 Å². The SMILES string of the molecule is N[C@@H]1CCCN([C@H]2CCc3ccccc3[C@@H]2Oc2ccc(-n3cncn3)cc2)C1. The lowest BCUT2D eigenvalue weighted by molar-refractivity contribution is 0.0367. The number of piperidine rings is 1. The minimum atomic E-state index is 0.0162. The molecule has 1 aliphatic carbocycles. The van der Waals surface area contributed by atoms with Gasteiger partial charge in [-0.3, -0.25) is 4.90 Å². The third-order valence-corrected chi connectivity index (χ3v) is 6.16. The number of benzene rings is 2. The van der Waals surface area contributed by atoms with Crippen LogP contribution in [0.15, 0.2) is 61.2 Å². The predicted molar refractivity (Wildman–Crippen MR) is 112 cm³/mol. The fourth-order valence-corrected chi connectivity index (χ4v) is 4.72. The summed E-state index contributed by atoms with van der Waals surface area (Å²) in [6, 6.07) is 17.4. The summed E-state index contributed by atoms with van der Waals surface area (Å²) in [5.41, 5.74) is 9.97. The average Bonchev–Trinajstić information content (AvgIpc) is 3.29. The smallest absolute Gasteiger partial charge is 0.139 e. The number of hydrogen-bond donors (Lipinski definition) is 1. The van der Waals surface area contributed by atoms with Crippen molar-refractivity contribution >= 4 is 0 Å². The largest absolute Gasteiger partial charge is 0.484 e. The van der Waals surface area contributed by atoms with E-state index in [2.05, 4.69) is 39.2 Å². The molecule has 5 rings (SSSR count). The molecular formula is C23H27N5O. The summed E-state index contributed by atoms with van der Waals surface area (Å²) in [5.74, 6) is 0.877. The zero-order valence-electron chi connectivity index (χ0n) is 16.5. The van der Waals surface area contributed by atoms with Crippen molar-refractivity contribution in [3.63, 3.8) is 0 Å². The van der Waals surface area contributed by atoms with E-state index in [4.69, 9.17) is 10.5 Å². The second kappa shape index (κ2) is 7.97. The highest BCUT2D eigenvalue weighted by molar-refractivity contribution is 5.38. The molecule has 2 N–H and O–H groups in total. The summed E-state index contributed by atoms with van der Waals surface area (Å²) in [4.78, 5) is 6.57. The summed E-state index contributed by atoms with van der Waals surface area (Å²) in [5, 5.41) is 4.19. The molecule has 3 aromatic rings. The highest BCUT2D eigenvalue weighted by Crippen LogP contribution is 2.37. The number of nitrogens with zero attached hydrogens (tertiary/aromatic N) is 4. The monoisotopic (exact) mass is 389 g/mol. The molecule has 6 nitrogen and oxygen atoms in total. The van der Waals surface area contributed by atoms with E-state index in [1.807, 2.05) is 24.3 Å². The van der Waals surface area contributed by atoms with Gasteiger partial charge in [0.1, 0.15) is 24.5 Å². The number of aryl methyl sites for hydroxylation is 1. The molecule has 1 saturated heterocycles. The van der Waals surface area contributed by atoms with Crippen LogP contribution in [0.1, 0.15) is 36.5 Å². The molecule has 0 saturated carbocycles. The van der Waals surface area contributed by atoms with Gasteiger partial charge >= 0.3 is 0 Å². The van der Waals surface area contributed by atoms with E-state index in [9.17, 15) is 0 Å². The summed E-state index contributed by atoms with van der Waals surface area (Å²) in [6.45, 7) is 2.06. The molecule has 1 fully saturated rings. The van der Waals surface area contributed by atoms with Crippen LogP contribution >= 0.6 is 0 Å². The van der Waals surface area contributed by atoms with Gasteiger partial charge < -0.3 is 10.5 Å². The molecule has 1 aliphatic heterocycles. The van der Waals surface area contributed by atoms with Crippen LogP contribution < -0.4 is 10.5 Å². The van der Waals surface area contributed by atoms with Crippen molar-refractivity contribution in [2.45, 2.75) is 43.9 Å². The molecule has 1 aromatic heterocycles. The zero-order chi connectivity index (χ0) is 19.6. The Hall–Kier alpha value is -2.70. The molecule has 0 bridgehead atoms. The maximum atomic E-state index is 6.63. The molecule has 2 aromatic carbocycles. The van der Waals surface area contributed by atoms with Gasteiger partial charge in [0.25, 0.3) is 0 Å². The van der Waals surface area contributed by atoms with Crippen molar-refractivity contribution < 1.29 is 4.74 Å². The lowest BCUT2D eigenvalue weighted by Gasteiger charge is -2.43. The van der Waals surface area contributed by atoms with Gasteiger partial charge in [0.15, 0.2) is 0 Å². The van der Waals surface area contributed by atoms with Crippen LogP contribution in [0.3, 0.4) is 0 Å². The number of aromatic nitrogens is 3. The zero-order valence-corrected chi connectivity index (χ0v) is 16.5. The first-order valence-corrected chi connectivity index (χ1v) is 10.5. The third-order valence-electron chi connectivity index (χ3n) is 6.16. The number of hydrogen-bond acceptors (Lipinski definition) is 5. The summed E-state index contributed by atoms with van der Waals surface area (Å²) in [7, 11) is 0. The van der Waals surface area contributed by atoms with Gasteiger partial charge in [0.2, 0.25) is 0 Å². The molecule has 0 unspecified atom stereocenters. The van der Waals surface area contributed by atoms with Crippen molar-refractivity contribution in [2.75, 3.05) is 13.1 Å². The number of nitrogens with two attached hydrogens (primary N) is 1. The third kappa shape index (κ3) is 3.78. The van der Waals surface area contributed by atoms with E-state index in [0.29, 0.717) is 6.04 Å². The molecule has 2 heterocycles. The Morgan fingerprint density at radius 1 is 1.03 bits per heavy atom. The van der Waals surface area contributed by atoms with Gasteiger partial charge in [0.05, 0.1) is 11.7 Å². The second-order valence-electron chi connectivity index (χ2n) is 8.07. The van der Waals surface area contributed by atoms with Crippen molar-refractivity contribution in [1.82, 2.24) is 19.7 Å². The van der Waals surface area contributed by atoms with Crippen LogP contribution in [0.5, 0.6) is 5.75 Å². The molecule has 29 heavy (non-hydrogen) atoms. The van der Waals surface area contributed by atoms with Gasteiger partial charge in [-0.2, -0.15) is 5.10 Å². The van der Waals surface area contributed by atoms with E-state index in [0.717, 1.165) is 43.8 Å². The Kier molecular flexibility index (Phi) is 5.04. The Balaban J connectivity index is 1.42. The fourth-order valence-electron chi connectivity index (χ4n) is 4.72. The first-order valence-electron chi connectivity index (χ1n) is 10.5. The van der Waals surface area contributed by atoms with Gasteiger partial charge in [0, 0.05) is 12.6 Å². The first-order chi connectivity index (χ1) is 14.3. The average molecular weight is 390 g/mol. The van der Waals surface area contributed by atoms with Crippen molar-refractivity contribution in [3.8, 4) is 11.4 Å². The Morgan fingerprint density at radius 2 is 1.90 bits per heavy atom. The van der Waals surface area contributed by atoms with Crippen LogP contribution in [0.2, 0.25) is 0 Å². The lowest BCUT2D eigenvalue weighted by atomic mass is 9.84. The molecule has 150 valence electrons. The Morgan fingerprint density at radius 3 is 2.69 bits per heavy atom. The molecule has 3 atom stereocenters. The van der Waals surface area contributed by atoms with Crippen LogP contribution in [-0.2, 0) is 6.42 Å². The van der Waals surface area contributed by atoms with E-state index in [-0.39, 0.29) is 12.1 Å². The summed E-state index contributed by atoms with van der Waals surface area (Å²) >= 11 is 0. The minimum Gasteiger partial charge on any atom is -0.484 e. The van der Waals surface area contributed by atoms with Crippen molar-refractivity contribution in [1.29, 1.82) is 0 Å². The minimum absolute atomic E-state index is 0.0162. The maximum absolute atomic E-state index is 6.63. The molecule has 6 heteroatoms. The van der Waals surface area contributed by atoms with E-state index in [1.165, 1.54) is 23.9 Å². The van der Waals surface area contributed by atoms with E-state index < -0.39 is 0 Å². The number of likely N-dealkylation sites (tertiary alicyclic amines) is 1. The van der Waals surface area contributed by atoms with Gasteiger partial charge in [-0.15, -0.1) is 0 Å².